The Bertz CT molecular complexity index is 2550. The molecule has 6 heterocycles. The zero-order valence-corrected chi connectivity index (χ0v) is 34.9. The smallest absolute Gasteiger partial charge is 0.419 e. The first kappa shape index (κ1) is 43.8. The average Bonchev–Trinajstić information content (AvgIpc) is 3.70. The SMILES string of the molecule is CC(=O)CCC(C(C)=O)N1C(=O)c2ccc(OCCCCCN3CCC(OC4CN(c5ncc(-c6ccc7c8cnccc8n(C(F)F)c7c6)cc5C(F)(F)F)C4)CC3)cc2C1=O. The van der Waals surface area contributed by atoms with Crippen molar-refractivity contribution in [3.63, 3.8) is 0 Å². The van der Waals surface area contributed by atoms with Crippen molar-refractivity contribution in [3.05, 3.63) is 83.8 Å². The molecule has 1 unspecified atom stereocenters. The Morgan fingerprint density at radius 3 is 2.32 bits per heavy atom. The number of likely N-dealkylation sites (tertiary alicyclic amines) is 1. The molecule has 63 heavy (non-hydrogen) atoms. The summed E-state index contributed by atoms with van der Waals surface area (Å²) in [7, 11) is 0. The van der Waals surface area contributed by atoms with E-state index in [2.05, 4.69) is 14.9 Å². The lowest BCUT2D eigenvalue weighted by atomic mass is 10.0. The van der Waals surface area contributed by atoms with E-state index < -0.39 is 36.1 Å². The molecule has 3 aromatic heterocycles. The quantitative estimate of drug-likeness (QED) is 0.0510. The molecule has 0 radical (unpaired) electrons. The van der Waals surface area contributed by atoms with E-state index in [0.717, 1.165) is 67.3 Å². The third-order valence-corrected chi connectivity index (χ3v) is 12.2. The number of piperidine rings is 1. The second-order valence-electron chi connectivity index (χ2n) is 16.5. The van der Waals surface area contributed by atoms with Crippen molar-refractivity contribution in [2.24, 2.45) is 0 Å². The van der Waals surface area contributed by atoms with Gasteiger partial charge in [-0.2, -0.15) is 22.0 Å². The first-order chi connectivity index (χ1) is 30.2. The molecular weight excluding hydrogens is 828 g/mol. The van der Waals surface area contributed by atoms with E-state index in [9.17, 15) is 41.1 Å². The number of nitrogens with zero attached hydrogens (tertiary/aromatic N) is 6. The van der Waals surface area contributed by atoms with Gasteiger partial charge in [0, 0.05) is 67.5 Å². The molecule has 2 aromatic carbocycles. The summed E-state index contributed by atoms with van der Waals surface area (Å²) in [6, 6.07) is 10.9. The van der Waals surface area contributed by atoms with Crippen molar-refractivity contribution in [1.82, 2.24) is 24.3 Å². The van der Waals surface area contributed by atoms with Gasteiger partial charge in [-0.1, -0.05) is 12.1 Å². The van der Waals surface area contributed by atoms with Gasteiger partial charge in [0.15, 0.2) is 5.78 Å². The second kappa shape index (κ2) is 18.1. The summed E-state index contributed by atoms with van der Waals surface area (Å²) >= 11 is 0. The summed E-state index contributed by atoms with van der Waals surface area (Å²) in [5, 5.41) is 1.05. The lowest BCUT2D eigenvalue weighted by Gasteiger charge is -2.43. The van der Waals surface area contributed by atoms with Crippen molar-refractivity contribution in [2.75, 3.05) is 44.2 Å². The fourth-order valence-corrected chi connectivity index (χ4v) is 8.87. The number of rotatable bonds is 17. The normalized spacial score (nSPS) is 17.0. The minimum absolute atomic E-state index is 0.00391. The Labute approximate surface area is 359 Å². The summed E-state index contributed by atoms with van der Waals surface area (Å²) in [5.41, 5.74) is 0.454. The van der Waals surface area contributed by atoms with Crippen molar-refractivity contribution in [1.29, 1.82) is 0 Å². The van der Waals surface area contributed by atoms with Gasteiger partial charge >= 0.3 is 12.7 Å². The molecule has 3 aliphatic heterocycles. The largest absolute Gasteiger partial charge is 0.494 e. The first-order valence-electron chi connectivity index (χ1n) is 21.2. The highest BCUT2D eigenvalue weighted by molar-refractivity contribution is 6.23. The van der Waals surface area contributed by atoms with E-state index in [4.69, 9.17) is 9.47 Å². The predicted molar refractivity (Wildman–Crippen MR) is 224 cm³/mol. The number of pyridine rings is 2. The molecule has 17 heteroatoms. The molecule has 5 aromatic rings. The highest BCUT2D eigenvalue weighted by atomic mass is 19.4. The molecule has 2 saturated heterocycles. The van der Waals surface area contributed by atoms with Gasteiger partial charge in [0.25, 0.3) is 11.8 Å². The fourth-order valence-electron chi connectivity index (χ4n) is 8.87. The zero-order valence-electron chi connectivity index (χ0n) is 34.9. The minimum Gasteiger partial charge on any atom is -0.494 e. The number of carbonyl (C=O) groups excluding carboxylic acids is 4. The molecule has 0 saturated carbocycles. The molecule has 2 fully saturated rings. The van der Waals surface area contributed by atoms with Crippen LogP contribution in [0.1, 0.15) is 91.6 Å². The van der Waals surface area contributed by atoms with Crippen molar-refractivity contribution >= 4 is 51.0 Å². The number of ether oxygens (including phenoxy) is 2. The number of anilines is 1. The van der Waals surface area contributed by atoms with Crippen LogP contribution in [0, 0.1) is 0 Å². The van der Waals surface area contributed by atoms with Gasteiger partial charge in [0.2, 0.25) is 0 Å². The van der Waals surface area contributed by atoms with Crippen LogP contribution in [0.5, 0.6) is 5.75 Å². The fraction of sp³-hybridized carbons (Fsp3) is 0.435. The number of Topliss-reactive ketones (excluding diaryl/α,β-unsaturated/α-hetero) is 2. The molecule has 0 spiro atoms. The lowest BCUT2D eigenvalue weighted by Crippen LogP contribution is -2.55. The van der Waals surface area contributed by atoms with Gasteiger partial charge in [0.1, 0.15) is 17.4 Å². The number of fused-ring (bicyclic) bond motifs is 4. The van der Waals surface area contributed by atoms with Gasteiger partial charge in [-0.15, -0.1) is 0 Å². The summed E-state index contributed by atoms with van der Waals surface area (Å²) < 4.78 is 84.7. The molecule has 0 N–H and O–H groups in total. The number of carbonyl (C=O) groups is 4. The summed E-state index contributed by atoms with van der Waals surface area (Å²) in [4.78, 5) is 63.2. The maximum Gasteiger partial charge on any atom is 0.419 e. The van der Waals surface area contributed by atoms with Crippen molar-refractivity contribution < 1.29 is 50.6 Å². The van der Waals surface area contributed by atoms with Gasteiger partial charge in [-0.25, -0.2) is 4.98 Å². The molecule has 12 nitrogen and oxygen atoms in total. The average molecular weight is 875 g/mol. The van der Waals surface area contributed by atoms with Crippen LogP contribution in [0.25, 0.3) is 32.9 Å². The van der Waals surface area contributed by atoms with Gasteiger partial charge in [0.05, 0.1) is 52.6 Å². The topological polar surface area (TPSA) is 127 Å². The second-order valence-corrected chi connectivity index (χ2v) is 16.5. The van der Waals surface area contributed by atoms with Crippen LogP contribution in [-0.2, 0) is 20.5 Å². The van der Waals surface area contributed by atoms with Crippen LogP contribution >= 0.6 is 0 Å². The Morgan fingerprint density at radius 1 is 0.841 bits per heavy atom. The number of imide groups is 1. The van der Waals surface area contributed by atoms with Crippen LogP contribution in [0.4, 0.5) is 27.8 Å². The van der Waals surface area contributed by atoms with Crippen LogP contribution in [-0.4, -0.2) is 105 Å². The lowest BCUT2D eigenvalue weighted by molar-refractivity contribution is -0.137. The van der Waals surface area contributed by atoms with Crippen LogP contribution in [0.15, 0.2) is 67.1 Å². The maximum absolute atomic E-state index is 14.4. The third kappa shape index (κ3) is 9.16. The van der Waals surface area contributed by atoms with Gasteiger partial charge in [-0.05, 0) is 101 Å². The number of benzene rings is 2. The molecule has 1 atom stereocenters. The Kier molecular flexibility index (Phi) is 12.6. The number of alkyl halides is 5. The maximum atomic E-state index is 14.4. The molecule has 0 bridgehead atoms. The summed E-state index contributed by atoms with van der Waals surface area (Å²) in [5.74, 6) is -1.34. The highest BCUT2D eigenvalue weighted by Gasteiger charge is 2.43. The summed E-state index contributed by atoms with van der Waals surface area (Å²) in [6.07, 6.45) is 3.77. The standard InChI is InChI=1S/C46H47F5N6O6/c1-27(58)6-11-39(28(2)59)57-43(60)35-10-8-32(22-36(35)44(57)61)62-19-5-3-4-16-54-17-13-31(14-18-54)63-33-25-55(26-33)42-38(46(49,50)51)20-30(23-53-42)29-7-9-34-37-24-52-15-12-40(37)56(45(47)48)41(34)21-29/h7-10,12,15,20-24,31,33,39,45H,3-6,11,13-14,16-19,25-26H2,1-2H3. The number of aromatic nitrogens is 3. The molecular formula is C46H47F5N6O6. The van der Waals surface area contributed by atoms with E-state index in [1.165, 1.54) is 56.7 Å². The number of amides is 2. The van der Waals surface area contributed by atoms with E-state index in [-0.39, 0.29) is 83.2 Å². The van der Waals surface area contributed by atoms with Crippen molar-refractivity contribution in [2.45, 2.75) is 89.8 Å². The number of hydrogen-bond acceptors (Lipinski definition) is 10. The van der Waals surface area contributed by atoms with Gasteiger partial charge in [-0.3, -0.25) is 28.8 Å². The molecule has 8 rings (SSSR count). The molecule has 2 amide bonds. The molecule has 0 aliphatic carbocycles. The van der Waals surface area contributed by atoms with E-state index in [1.807, 2.05) is 0 Å². The first-order valence-corrected chi connectivity index (χ1v) is 21.2. The molecule has 3 aliphatic rings. The van der Waals surface area contributed by atoms with Crippen molar-refractivity contribution in [3.8, 4) is 16.9 Å². The zero-order chi connectivity index (χ0) is 44.6. The minimum atomic E-state index is -4.70. The van der Waals surface area contributed by atoms with Crippen LogP contribution in [0.2, 0.25) is 0 Å². The Morgan fingerprint density at radius 2 is 1.60 bits per heavy atom. The van der Waals surface area contributed by atoms with E-state index >= 15 is 0 Å². The number of ketones is 2. The number of unbranched alkanes of at least 4 members (excludes halogenated alkanes) is 2. The van der Waals surface area contributed by atoms with Crippen LogP contribution in [0.3, 0.4) is 0 Å². The Hall–Kier alpha value is -5.81. The Balaban J connectivity index is 0.768. The third-order valence-electron chi connectivity index (χ3n) is 12.2. The summed E-state index contributed by atoms with van der Waals surface area (Å²) in [6.45, 7) is 3.39. The highest BCUT2D eigenvalue weighted by Crippen LogP contribution is 2.41. The monoisotopic (exact) mass is 874 g/mol. The van der Waals surface area contributed by atoms with E-state index in [0.29, 0.717) is 28.7 Å². The number of halogens is 5. The predicted octanol–water partition coefficient (Wildman–Crippen LogP) is 8.51. The number of hydrogen-bond donors (Lipinski definition) is 0. The van der Waals surface area contributed by atoms with Crippen LogP contribution < -0.4 is 9.64 Å². The van der Waals surface area contributed by atoms with E-state index in [1.54, 1.807) is 23.1 Å². The van der Waals surface area contributed by atoms with Gasteiger partial charge < -0.3 is 24.1 Å². The molecule has 332 valence electrons.